The van der Waals surface area contributed by atoms with Crippen LogP contribution >= 0.6 is 46.5 Å². The number of hydrogen-bond donors (Lipinski definition) is 0. The smallest absolute Gasteiger partial charge is 0.188 e. The fourth-order valence-electron chi connectivity index (χ4n) is 2.98. The van der Waals surface area contributed by atoms with Crippen molar-refractivity contribution < 1.29 is 0 Å². The van der Waals surface area contributed by atoms with Gasteiger partial charge in [-0.2, -0.15) is 5.26 Å². The van der Waals surface area contributed by atoms with E-state index in [0.29, 0.717) is 10.7 Å². The van der Waals surface area contributed by atoms with Crippen molar-refractivity contribution in [1.82, 2.24) is 9.97 Å². The Morgan fingerprint density at radius 3 is 2.53 bits per heavy atom. The molecule has 0 bridgehead atoms. The first-order chi connectivity index (χ1) is 14.7. The average molecular weight is 466 g/mol. The van der Waals surface area contributed by atoms with Crippen LogP contribution in [0.15, 0.2) is 76.2 Å². The Labute approximate surface area is 193 Å². The third-order valence-corrected chi connectivity index (χ3v) is 7.90. The zero-order valence-corrected chi connectivity index (χ0v) is 19.2. The Kier molecular flexibility index (Phi) is 6.76. The standard InChI is InChI=1S/C23H16ClN3S3/c1-28-22-18(13-25)20(16-5-3-2-4-6-16)21(30-22)19-11-12-26-23(27-19)29-14-15-7-9-17(24)10-8-15/h2-12H,14H2,1H3. The first-order valence-corrected chi connectivity index (χ1v) is 12.5. The van der Waals surface area contributed by atoms with E-state index in [1.165, 1.54) is 0 Å². The number of halogens is 1. The summed E-state index contributed by atoms with van der Waals surface area (Å²) < 4.78 is 1.00. The monoisotopic (exact) mass is 465 g/mol. The van der Waals surface area contributed by atoms with E-state index < -0.39 is 0 Å². The molecule has 3 nitrogen and oxygen atoms in total. The Hall–Kier alpha value is -2.30. The lowest BCUT2D eigenvalue weighted by atomic mass is 10.0. The Morgan fingerprint density at radius 2 is 1.83 bits per heavy atom. The predicted octanol–water partition coefficient (Wildman–Crippen LogP) is 7.41. The second kappa shape index (κ2) is 9.67. The zero-order chi connectivity index (χ0) is 20.9. The van der Waals surface area contributed by atoms with Crippen LogP contribution < -0.4 is 0 Å². The molecule has 0 aliphatic carbocycles. The number of rotatable bonds is 6. The van der Waals surface area contributed by atoms with Crippen LogP contribution in [0.25, 0.3) is 21.7 Å². The Balaban J connectivity index is 1.70. The predicted molar refractivity (Wildman–Crippen MR) is 128 cm³/mol. The minimum absolute atomic E-state index is 0.707. The first kappa shape index (κ1) is 21.0. The molecule has 2 aromatic carbocycles. The van der Waals surface area contributed by atoms with E-state index in [9.17, 15) is 5.26 Å². The third kappa shape index (κ3) is 4.55. The van der Waals surface area contributed by atoms with E-state index in [2.05, 4.69) is 11.1 Å². The quantitative estimate of drug-likeness (QED) is 0.219. The molecular weight excluding hydrogens is 450 g/mol. The number of benzene rings is 2. The normalized spacial score (nSPS) is 10.7. The summed E-state index contributed by atoms with van der Waals surface area (Å²) in [5, 5.41) is 11.3. The molecule has 2 heterocycles. The number of thiophene rings is 1. The van der Waals surface area contributed by atoms with Crippen LogP contribution in [0.4, 0.5) is 0 Å². The molecule has 0 radical (unpaired) electrons. The van der Waals surface area contributed by atoms with Gasteiger partial charge in [-0.3, -0.25) is 0 Å². The molecule has 0 aliphatic heterocycles. The van der Waals surface area contributed by atoms with E-state index in [1.54, 1.807) is 41.1 Å². The minimum Gasteiger partial charge on any atom is -0.231 e. The van der Waals surface area contributed by atoms with Crippen molar-refractivity contribution in [2.45, 2.75) is 15.1 Å². The molecule has 148 valence electrons. The van der Waals surface area contributed by atoms with Gasteiger partial charge in [0.05, 0.1) is 20.3 Å². The number of nitriles is 1. The summed E-state index contributed by atoms with van der Waals surface area (Å²) in [7, 11) is 0. The number of aromatic nitrogens is 2. The van der Waals surface area contributed by atoms with Gasteiger partial charge in [-0.15, -0.1) is 23.1 Å². The van der Waals surface area contributed by atoms with Crippen molar-refractivity contribution in [3.63, 3.8) is 0 Å². The zero-order valence-electron chi connectivity index (χ0n) is 16.0. The molecule has 4 rings (SSSR count). The lowest BCUT2D eigenvalue weighted by Crippen LogP contribution is -1.91. The van der Waals surface area contributed by atoms with E-state index in [0.717, 1.165) is 42.2 Å². The maximum Gasteiger partial charge on any atom is 0.188 e. The largest absolute Gasteiger partial charge is 0.231 e. The van der Waals surface area contributed by atoms with E-state index in [1.807, 2.05) is 66.9 Å². The first-order valence-electron chi connectivity index (χ1n) is 9.06. The maximum atomic E-state index is 9.83. The van der Waals surface area contributed by atoms with E-state index in [-0.39, 0.29) is 0 Å². The number of hydrogen-bond acceptors (Lipinski definition) is 6. The van der Waals surface area contributed by atoms with Crippen LogP contribution in [0.2, 0.25) is 5.02 Å². The van der Waals surface area contributed by atoms with Crippen molar-refractivity contribution in [3.8, 4) is 27.8 Å². The van der Waals surface area contributed by atoms with E-state index in [4.69, 9.17) is 16.6 Å². The van der Waals surface area contributed by atoms with E-state index >= 15 is 0 Å². The summed E-state index contributed by atoms with van der Waals surface area (Å²) >= 11 is 10.8. The molecule has 0 spiro atoms. The summed E-state index contributed by atoms with van der Waals surface area (Å²) in [6.45, 7) is 0. The molecule has 0 N–H and O–H groups in total. The average Bonchev–Trinajstić information content (AvgIpc) is 3.18. The topological polar surface area (TPSA) is 49.6 Å². The van der Waals surface area contributed by atoms with Gasteiger partial charge < -0.3 is 0 Å². The lowest BCUT2D eigenvalue weighted by molar-refractivity contribution is 0.974. The van der Waals surface area contributed by atoms with Crippen molar-refractivity contribution in [2.24, 2.45) is 0 Å². The highest BCUT2D eigenvalue weighted by Crippen LogP contribution is 2.45. The fourth-order valence-corrected chi connectivity index (χ4v) is 5.80. The van der Waals surface area contributed by atoms with Gasteiger partial charge in [-0.05, 0) is 35.6 Å². The third-order valence-electron chi connectivity index (χ3n) is 4.38. The summed E-state index contributed by atoms with van der Waals surface area (Å²) in [5.74, 6) is 0.760. The molecule has 0 fully saturated rings. The van der Waals surface area contributed by atoms with Gasteiger partial charge in [0.15, 0.2) is 5.16 Å². The van der Waals surface area contributed by atoms with Crippen molar-refractivity contribution in [1.29, 1.82) is 5.26 Å². The molecule has 0 saturated carbocycles. The molecule has 4 aromatic rings. The van der Waals surface area contributed by atoms with Crippen LogP contribution in [0.1, 0.15) is 11.1 Å². The molecule has 0 unspecified atom stereocenters. The SMILES string of the molecule is CSc1sc(-c2ccnc(SCc3ccc(Cl)cc3)n2)c(-c2ccccc2)c1C#N. The molecule has 0 aliphatic rings. The van der Waals surface area contributed by atoms with Crippen molar-refractivity contribution >= 4 is 46.5 Å². The maximum absolute atomic E-state index is 9.83. The van der Waals surface area contributed by atoms with Gasteiger partial charge in [0, 0.05) is 22.5 Å². The van der Waals surface area contributed by atoms with Gasteiger partial charge in [-0.1, -0.05) is 65.8 Å². The van der Waals surface area contributed by atoms with Crippen LogP contribution in [0.5, 0.6) is 0 Å². The van der Waals surface area contributed by atoms with Gasteiger partial charge in [0.1, 0.15) is 6.07 Å². The number of thioether (sulfide) groups is 2. The molecule has 0 amide bonds. The summed E-state index contributed by atoms with van der Waals surface area (Å²) in [6.07, 6.45) is 3.78. The minimum atomic E-state index is 0.707. The van der Waals surface area contributed by atoms with Crippen molar-refractivity contribution in [3.05, 3.63) is 83.0 Å². The Morgan fingerprint density at radius 1 is 1.07 bits per heavy atom. The highest BCUT2D eigenvalue weighted by molar-refractivity contribution is 8.00. The van der Waals surface area contributed by atoms with Gasteiger partial charge >= 0.3 is 0 Å². The van der Waals surface area contributed by atoms with Crippen LogP contribution in [-0.4, -0.2) is 16.2 Å². The van der Waals surface area contributed by atoms with Crippen LogP contribution in [0, 0.1) is 11.3 Å². The fraction of sp³-hybridized carbons (Fsp3) is 0.0870. The highest BCUT2D eigenvalue weighted by Gasteiger charge is 2.21. The molecule has 2 aromatic heterocycles. The highest BCUT2D eigenvalue weighted by atomic mass is 35.5. The molecule has 7 heteroatoms. The van der Waals surface area contributed by atoms with Crippen molar-refractivity contribution in [2.75, 3.05) is 6.26 Å². The molecular formula is C23H16ClN3S3. The number of nitrogens with zero attached hydrogens (tertiary/aromatic N) is 3. The molecule has 30 heavy (non-hydrogen) atoms. The summed E-state index contributed by atoms with van der Waals surface area (Å²) in [5.41, 5.74) is 4.68. The summed E-state index contributed by atoms with van der Waals surface area (Å²) in [6, 6.07) is 22.1. The Bertz CT molecular complexity index is 1200. The van der Waals surface area contributed by atoms with Crippen LogP contribution in [0.3, 0.4) is 0 Å². The van der Waals surface area contributed by atoms with Gasteiger partial charge in [-0.25, -0.2) is 9.97 Å². The second-order valence-corrected chi connectivity index (χ2v) is 9.76. The van der Waals surface area contributed by atoms with Crippen LogP contribution in [-0.2, 0) is 5.75 Å². The summed E-state index contributed by atoms with van der Waals surface area (Å²) in [4.78, 5) is 10.2. The van der Waals surface area contributed by atoms with Gasteiger partial charge in [0.25, 0.3) is 0 Å². The molecule has 0 saturated heterocycles. The lowest BCUT2D eigenvalue weighted by Gasteiger charge is -2.06. The van der Waals surface area contributed by atoms with Gasteiger partial charge in [0.2, 0.25) is 0 Å². The second-order valence-electron chi connectivity index (χ2n) is 6.29. The molecule has 0 atom stereocenters.